The van der Waals surface area contributed by atoms with E-state index < -0.39 is 9.84 Å². The molecule has 0 heterocycles. The summed E-state index contributed by atoms with van der Waals surface area (Å²) in [6.45, 7) is 2.64. The molecule has 0 saturated heterocycles. The third-order valence-corrected chi connectivity index (χ3v) is 2.65. The predicted octanol–water partition coefficient (Wildman–Crippen LogP) is 0.423. The first-order valence-corrected chi connectivity index (χ1v) is 6.36. The first kappa shape index (κ1) is 12.5. The predicted molar refractivity (Wildman–Crippen MR) is 55.2 cm³/mol. The van der Waals surface area contributed by atoms with Crippen molar-refractivity contribution in [2.24, 2.45) is 0 Å². The molecule has 0 spiro atoms. The summed E-state index contributed by atoms with van der Waals surface area (Å²) in [5.74, 6) is 2.72. The maximum absolute atomic E-state index is 10.9. The molecule has 4 heteroatoms. The fourth-order valence-electron chi connectivity index (χ4n) is 1.05. The van der Waals surface area contributed by atoms with Crippen LogP contribution in [0.5, 0.6) is 0 Å². The van der Waals surface area contributed by atoms with Crippen LogP contribution in [0.1, 0.15) is 19.8 Å². The van der Waals surface area contributed by atoms with Gasteiger partial charge < -0.3 is 5.32 Å². The van der Waals surface area contributed by atoms with Crippen LogP contribution in [0.25, 0.3) is 0 Å². The highest BCUT2D eigenvalue weighted by atomic mass is 32.2. The Kier molecular flexibility index (Phi) is 5.76. The topological polar surface area (TPSA) is 46.2 Å². The summed E-state index contributed by atoms with van der Waals surface area (Å²) in [6, 6.07) is 0.00720. The Morgan fingerprint density at radius 2 is 2.15 bits per heavy atom. The molecule has 0 aromatic rings. The molecule has 0 fully saturated rings. The van der Waals surface area contributed by atoms with Gasteiger partial charge in [-0.15, -0.1) is 12.3 Å². The molecule has 0 amide bonds. The van der Waals surface area contributed by atoms with Gasteiger partial charge >= 0.3 is 0 Å². The summed E-state index contributed by atoms with van der Waals surface area (Å²) in [5, 5.41) is 3.10. The van der Waals surface area contributed by atoms with Gasteiger partial charge in [0.15, 0.2) is 0 Å². The second-order valence-electron chi connectivity index (χ2n) is 3.26. The van der Waals surface area contributed by atoms with Crippen molar-refractivity contribution in [3.8, 4) is 12.3 Å². The van der Waals surface area contributed by atoms with Crippen LogP contribution in [0.3, 0.4) is 0 Å². The van der Waals surface area contributed by atoms with Crippen LogP contribution in [0, 0.1) is 12.3 Å². The quantitative estimate of drug-likeness (QED) is 0.503. The summed E-state index contributed by atoms with van der Waals surface area (Å²) in [5.41, 5.74) is 0. The molecule has 0 bridgehead atoms. The first-order chi connectivity index (χ1) is 5.95. The Hall–Kier alpha value is -0.530. The zero-order chi connectivity index (χ0) is 10.3. The third-order valence-electron chi connectivity index (χ3n) is 1.54. The first-order valence-electron chi connectivity index (χ1n) is 4.30. The van der Waals surface area contributed by atoms with E-state index in [1.165, 1.54) is 6.26 Å². The van der Waals surface area contributed by atoms with E-state index in [0.29, 0.717) is 0 Å². The average Bonchev–Trinajstić information content (AvgIpc) is 1.94. The molecule has 0 rings (SSSR count). The van der Waals surface area contributed by atoms with E-state index in [-0.39, 0.29) is 11.8 Å². The van der Waals surface area contributed by atoms with Gasteiger partial charge in [0, 0.05) is 18.7 Å². The molecular weight excluding hydrogens is 186 g/mol. The lowest BCUT2D eigenvalue weighted by molar-refractivity contribution is 0.554. The second kappa shape index (κ2) is 6.01. The highest BCUT2D eigenvalue weighted by Gasteiger charge is 2.08. The van der Waals surface area contributed by atoms with Crippen LogP contribution in [0.4, 0.5) is 0 Å². The fraction of sp³-hybridized carbons (Fsp3) is 0.778. The maximum atomic E-state index is 10.9. The monoisotopic (exact) mass is 203 g/mol. The molecule has 13 heavy (non-hydrogen) atoms. The molecule has 76 valence electrons. The van der Waals surface area contributed by atoms with Crippen molar-refractivity contribution in [2.45, 2.75) is 25.8 Å². The molecule has 0 aliphatic heterocycles. The van der Waals surface area contributed by atoms with Gasteiger partial charge in [0.05, 0.1) is 5.75 Å². The van der Waals surface area contributed by atoms with Crippen molar-refractivity contribution < 1.29 is 8.42 Å². The SMILES string of the molecule is C#CCCCNC(C)CS(C)(=O)=O. The maximum Gasteiger partial charge on any atom is 0.148 e. The van der Waals surface area contributed by atoms with E-state index in [9.17, 15) is 8.42 Å². The summed E-state index contributed by atoms with van der Waals surface area (Å²) >= 11 is 0. The molecule has 0 aliphatic carbocycles. The summed E-state index contributed by atoms with van der Waals surface area (Å²) < 4.78 is 21.7. The number of hydrogen-bond acceptors (Lipinski definition) is 3. The van der Waals surface area contributed by atoms with E-state index in [0.717, 1.165) is 19.4 Å². The molecule has 0 aromatic carbocycles. The Morgan fingerprint density at radius 1 is 1.54 bits per heavy atom. The van der Waals surface area contributed by atoms with Crippen molar-refractivity contribution in [2.75, 3.05) is 18.6 Å². The van der Waals surface area contributed by atoms with E-state index >= 15 is 0 Å². The van der Waals surface area contributed by atoms with Crippen molar-refractivity contribution >= 4 is 9.84 Å². The van der Waals surface area contributed by atoms with Gasteiger partial charge in [-0.2, -0.15) is 0 Å². The Bertz CT molecular complexity index is 264. The number of rotatable bonds is 6. The molecule has 1 atom stereocenters. The number of terminal acetylenes is 1. The smallest absolute Gasteiger partial charge is 0.148 e. The Morgan fingerprint density at radius 3 is 2.62 bits per heavy atom. The van der Waals surface area contributed by atoms with Gasteiger partial charge in [-0.25, -0.2) is 8.42 Å². The number of hydrogen-bond donors (Lipinski definition) is 1. The molecule has 0 radical (unpaired) electrons. The van der Waals surface area contributed by atoms with E-state index in [4.69, 9.17) is 6.42 Å². The fourth-order valence-corrected chi connectivity index (χ4v) is 2.08. The van der Waals surface area contributed by atoms with Crippen molar-refractivity contribution in [3.05, 3.63) is 0 Å². The average molecular weight is 203 g/mol. The van der Waals surface area contributed by atoms with Gasteiger partial charge in [0.2, 0.25) is 0 Å². The second-order valence-corrected chi connectivity index (χ2v) is 5.44. The highest BCUT2D eigenvalue weighted by Crippen LogP contribution is 1.91. The summed E-state index contributed by atoms with van der Waals surface area (Å²) in [4.78, 5) is 0. The zero-order valence-corrected chi connectivity index (χ0v) is 9.02. The zero-order valence-electron chi connectivity index (χ0n) is 8.21. The molecule has 1 unspecified atom stereocenters. The molecular formula is C9H17NO2S. The van der Waals surface area contributed by atoms with Crippen LogP contribution >= 0.6 is 0 Å². The summed E-state index contributed by atoms with van der Waals surface area (Å²) in [7, 11) is -2.87. The minimum Gasteiger partial charge on any atom is -0.313 e. The molecule has 0 saturated carbocycles. The molecule has 0 aliphatic rings. The number of unbranched alkanes of at least 4 members (excludes halogenated alkanes) is 1. The Labute approximate surface area is 80.8 Å². The molecule has 0 aromatic heterocycles. The summed E-state index contributed by atoms with van der Waals surface area (Å²) in [6.07, 6.45) is 7.94. The third kappa shape index (κ3) is 9.38. The standard InChI is InChI=1S/C9H17NO2S/c1-4-5-6-7-10-9(2)8-13(3,11)12/h1,9-10H,5-8H2,2-3H3. The molecule has 3 nitrogen and oxygen atoms in total. The lowest BCUT2D eigenvalue weighted by Crippen LogP contribution is -2.33. The lowest BCUT2D eigenvalue weighted by Gasteiger charge is -2.11. The van der Waals surface area contributed by atoms with Gasteiger partial charge in [0.25, 0.3) is 0 Å². The molecule has 1 N–H and O–H groups in total. The van der Waals surface area contributed by atoms with Crippen LogP contribution in [0.2, 0.25) is 0 Å². The van der Waals surface area contributed by atoms with Crippen LogP contribution in [-0.2, 0) is 9.84 Å². The van der Waals surface area contributed by atoms with Crippen molar-refractivity contribution in [1.82, 2.24) is 5.32 Å². The van der Waals surface area contributed by atoms with E-state index in [2.05, 4.69) is 11.2 Å². The van der Waals surface area contributed by atoms with Gasteiger partial charge in [0.1, 0.15) is 9.84 Å². The minimum atomic E-state index is -2.87. The van der Waals surface area contributed by atoms with Gasteiger partial charge in [-0.1, -0.05) is 0 Å². The van der Waals surface area contributed by atoms with Crippen molar-refractivity contribution in [1.29, 1.82) is 0 Å². The van der Waals surface area contributed by atoms with Crippen LogP contribution in [-0.4, -0.2) is 33.0 Å². The van der Waals surface area contributed by atoms with E-state index in [1.807, 2.05) is 6.92 Å². The van der Waals surface area contributed by atoms with Gasteiger partial charge in [-0.05, 0) is 19.9 Å². The van der Waals surface area contributed by atoms with Crippen LogP contribution < -0.4 is 5.32 Å². The van der Waals surface area contributed by atoms with Crippen LogP contribution in [0.15, 0.2) is 0 Å². The highest BCUT2D eigenvalue weighted by molar-refractivity contribution is 7.90. The minimum absolute atomic E-state index is 0.00720. The van der Waals surface area contributed by atoms with Gasteiger partial charge in [-0.3, -0.25) is 0 Å². The largest absolute Gasteiger partial charge is 0.313 e. The van der Waals surface area contributed by atoms with Crippen molar-refractivity contribution in [3.63, 3.8) is 0 Å². The van der Waals surface area contributed by atoms with E-state index in [1.54, 1.807) is 0 Å². The number of nitrogens with one attached hydrogen (secondary N) is 1. The number of sulfone groups is 1. The lowest BCUT2D eigenvalue weighted by atomic mass is 10.3. The normalized spacial score (nSPS) is 13.6. The Balaban J connectivity index is 3.53.